The number of allylic oxidation sites excluding steroid dienone is 10. The highest BCUT2D eigenvalue weighted by Gasteiger charge is 2.28. The van der Waals surface area contributed by atoms with Gasteiger partial charge < -0.3 is 36.0 Å². The SMILES string of the molecule is CCCCC/C=C\C\C=C/C=C/C=C/[C@@H](SC[C@H](N)C(=O)O[C@H](CO/C=C/CCCCCCCC/C=C\CCCCCC)COP(=O)(O)OCCN)[C@@H](O)CCCC(=O)O. The number of rotatable bonds is 42. The van der Waals surface area contributed by atoms with Crippen molar-refractivity contribution in [1.29, 1.82) is 0 Å². The van der Waals surface area contributed by atoms with Crippen molar-refractivity contribution < 1.29 is 47.8 Å². The molecule has 0 aliphatic carbocycles. The summed E-state index contributed by atoms with van der Waals surface area (Å²) in [5.74, 6) is -1.66. The zero-order valence-corrected chi connectivity index (χ0v) is 38.5. The molecule has 0 rings (SSSR count). The second kappa shape index (κ2) is 41.9. The van der Waals surface area contributed by atoms with Crippen LogP contribution in [-0.2, 0) is 32.7 Å². The predicted octanol–water partition coefficient (Wildman–Crippen LogP) is 10.4. The Bertz CT molecular complexity index is 1280. The molecule has 0 radical (unpaired) electrons. The second-order valence-electron chi connectivity index (χ2n) is 14.8. The average Bonchev–Trinajstić information content (AvgIpc) is 3.22. The first-order valence-electron chi connectivity index (χ1n) is 22.4. The van der Waals surface area contributed by atoms with Crippen LogP contribution >= 0.6 is 19.6 Å². The summed E-state index contributed by atoms with van der Waals surface area (Å²) >= 11 is 1.24. The second-order valence-corrected chi connectivity index (χ2v) is 17.5. The van der Waals surface area contributed by atoms with Crippen molar-refractivity contribution in [2.75, 3.05) is 32.1 Å². The van der Waals surface area contributed by atoms with Gasteiger partial charge in [-0.3, -0.25) is 18.6 Å². The minimum atomic E-state index is -4.46. The molecule has 0 aliphatic rings. The molecule has 0 aromatic carbocycles. The van der Waals surface area contributed by atoms with Gasteiger partial charge in [0, 0.05) is 24.0 Å². The van der Waals surface area contributed by atoms with Crippen molar-refractivity contribution in [1.82, 2.24) is 0 Å². The fraction of sp³-hybridized carbons (Fsp3) is 0.696. The monoisotopic (exact) mass is 885 g/mol. The zero-order valence-electron chi connectivity index (χ0n) is 36.8. The number of carbonyl (C=O) groups excluding carboxylic acids is 1. The van der Waals surface area contributed by atoms with Crippen LogP contribution in [-0.4, -0.2) is 82.7 Å². The lowest BCUT2D eigenvalue weighted by atomic mass is 10.1. The number of hydrogen-bond acceptors (Lipinski definition) is 11. The maximum atomic E-state index is 13.1. The van der Waals surface area contributed by atoms with Crippen LogP contribution < -0.4 is 11.5 Å². The summed E-state index contributed by atoms with van der Waals surface area (Å²) in [5.41, 5.74) is 11.6. The quantitative estimate of drug-likeness (QED) is 0.00969. The molecule has 0 aliphatic heterocycles. The smallest absolute Gasteiger partial charge is 0.472 e. The summed E-state index contributed by atoms with van der Waals surface area (Å²) in [7, 11) is -4.46. The molecule has 1 unspecified atom stereocenters. The number of phosphoric acid groups is 1. The zero-order chi connectivity index (χ0) is 44.4. The number of thioether (sulfide) groups is 1. The number of nitrogens with two attached hydrogens (primary N) is 2. The summed E-state index contributed by atoms with van der Waals surface area (Å²) in [5, 5.41) is 19.5. The van der Waals surface area contributed by atoms with Crippen LogP contribution in [0.1, 0.15) is 149 Å². The molecular formula is C46H81N2O10PS. The van der Waals surface area contributed by atoms with Gasteiger partial charge in [-0.2, -0.15) is 0 Å². The molecule has 0 aromatic rings. The topological polar surface area (TPSA) is 201 Å². The lowest BCUT2D eigenvalue weighted by molar-refractivity contribution is -0.154. The lowest BCUT2D eigenvalue weighted by Gasteiger charge is -2.23. The number of unbranched alkanes of at least 4 members (excludes halogenated alkanes) is 14. The predicted molar refractivity (Wildman–Crippen MR) is 248 cm³/mol. The molecular weight excluding hydrogens is 804 g/mol. The van der Waals surface area contributed by atoms with E-state index >= 15 is 0 Å². The number of aliphatic carboxylic acids is 1. The van der Waals surface area contributed by atoms with Crippen LogP contribution in [0.5, 0.6) is 0 Å². The Morgan fingerprint density at radius 1 is 0.733 bits per heavy atom. The van der Waals surface area contributed by atoms with E-state index in [2.05, 4.69) is 38.2 Å². The Kier molecular flexibility index (Phi) is 40.1. The largest absolute Gasteiger partial charge is 0.498 e. The molecule has 0 saturated heterocycles. The van der Waals surface area contributed by atoms with Gasteiger partial charge in [0.15, 0.2) is 6.10 Å². The highest BCUT2D eigenvalue weighted by atomic mass is 32.2. The summed E-state index contributed by atoms with van der Waals surface area (Å²) < 4.78 is 33.3. The number of carboxylic acid groups (broad SMARTS) is 1. The Morgan fingerprint density at radius 2 is 1.32 bits per heavy atom. The third-order valence-electron chi connectivity index (χ3n) is 9.16. The molecule has 0 bridgehead atoms. The number of aliphatic hydroxyl groups excluding tert-OH is 1. The third-order valence-corrected chi connectivity index (χ3v) is 11.6. The molecule has 0 spiro atoms. The van der Waals surface area contributed by atoms with E-state index in [0.29, 0.717) is 0 Å². The first-order valence-corrected chi connectivity index (χ1v) is 25.0. The van der Waals surface area contributed by atoms with Gasteiger partial charge >= 0.3 is 19.8 Å². The van der Waals surface area contributed by atoms with Crippen LogP contribution in [0.3, 0.4) is 0 Å². The van der Waals surface area contributed by atoms with E-state index < -0.39 is 49.9 Å². The molecule has 7 N–H and O–H groups in total. The first-order chi connectivity index (χ1) is 29.1. The van der Waals surface area contributed by atoms with Gasteiger partial charge in [-0.25, -0.2) is 4.57 Å². The molecule has 0 saturated carbocycles. The molecule has 0 fully saturated rings. The highest BCUT2D eigenvalue weighted by Crippen LogP contribution is 2.43. The fourth-order valence-electron chi connectivity index (χ4n) is 5.67. The minimum absolute atomic E-state index is 0.0125. The summed E-state index contributed by atoms with van der Waals surface area (Å²) in [4.78, 5) is 34.1. The minimum Gasteiger partial charge on any atom is -0.498 e. The Balaban J connectivity index is 5.05. The number of carboxylic acids is 1. The van der Waals surface area contributed by atoms with Crippen LogP contribution in [0.15, 0.2) is 73.1 Å². The lowest BCUT2D eigenvalue weighted by Crippen LogP contribution is -2.40. The van der Waals surface area contributed by atoms with E-state index in [1.165, 1.54) is 95.1 Å². The molecule has 0 aromatic heterocycles. The molecule has 14 heteroatoms. The average molecular weight is 885 g/mol. The van der Waals surface area contributed by atoms with E-state index in [1.54, 1.807) is 12.2 Å². The summed E-state index contributed by atoms with van der Waals surface area (Å²) in [6.45, 7) is 3.59. The summed E-state index contributed by atoms with van der Waals surface area (Å²) in [6.07, 6.45) is 43.2. The molecule has 346 valence electrons. The Hall–Kier alpha value is -2.48. The van der Waals surface area contributed by atoms with Crippen molar-refractivity contribution in [2.45, 2.75) is 172 Å². The Labute approximate surface area is 367 Å². The van der Waals surface area contributed by atoms with E-state index in [1.807, 2.05) is 30.4 Å². The summed E-state index contributed by atoms with van der Waals surface area (Å²) in [6, 6.07) is -1.12. The fourth-order valence-corrected chi connectivity index (χ4v) is 7.56. The normalized spacial score (nSPS) is 15.5. The van der Waals surface area contributed by atoms with Gasteiger partial charge in [-0.15, -0.1) is 11.8 Å². The van der Waals surface area contributed by atoms with Gasteiger partial charge in [0.1, 0.15) is 12.6 Å². The van der Waals surface area contributed by atoms with Crippen molar-refractivity contribution in [3.05, 3.63) is 73.1 Å². The van der Waals surface area contributed by atoms with E-state index in [0.717, 1.165) is 38.5 Å². The van der Waals surface area contributed by atoms with Crippen molar-refractivity contribution >= 4 is 31.5 Å². The number of carbonyl (C=O) groups is 2. The number of esters is 1. The van der Waals surface area contributed by atoms with Crippen molar-refractivity contribution in [3.8, 4) is 0 Å². The van der Waals surface area contributed by atoms with Crippen LogP contribution in [0.4, 0.5) is 0 Å². The molecule has 12 nitrogen and oxygen atoms in total. The number of hydrogen-bond donors (Lipinski definition) is 5. The van der Waals surface area contributed by atoms with Crippen LogP contribution in [0.2, 0.25) is 0 Å². The maximum absolute atomic E-state index is 13.1. The highest BCUT2D eigenvalue weighted by molar-refractivity contribution is 8.00. The van der Waals surface area contributed by atoms with Gasteiger partial charge in [0.2, 0.25) is 0 Å². The van der Waals surface area contributed by atoms with Gasteiger partial charge in [-0.05, 0) is 76.7 Å². The van der Waals surface area contributed by atoms with Gasteiger partial charge in [0.05, 0.1) is 25.6 Å². The Morgan fingerprint density at radius 3 is 1.97 bits per heavy atom. The molecule has 0 heterocycles. The van der Waals surface area contributed by atoms with Crippen molar-refractivity contribution in [2.24, 2.45) is 11.5 Å². The number of aliphatic hydroxyl groups is 1. The van der Waals surface area contributed by atoms with Crippen molar-refractivity contribution in [3.63, 3.8) is 0 Å². The van der Waals surface area contributed by atoms with Gasteiger partial charge in [0.25, 0.3) is 0 Å². The van der Waals surface area contributed by atoms with E-state index in [-0.39, 0.29) is 44.8 Å². The maximum Gasteiger partial charge on any atom is 0.472 e. The van der Waals surface area contributed by atoms with E-state index in [9.17, 15) is 24.2 Å². The van der Waals surface area contributed by atoms with E-state index in [4.69, 9.17) is 35.1 Å². The number of phosphoric ester groups is 1. The standard InChI is InChI=1S/C46H81N2O10PS/c1-3-5-7-9-11-13-15-17-18-19-20-22-24-26-28-30-36-55-38-41(39-57-59(53,54)56-37-35-47)58-46(52)42(48)40-60-44(43(49)32-31-34-45(50)51)33-29-27-25-23-21-16-14-12-10-8-6-4-2/h12-15,21,23,25,27,29-30,33,36,41-44,49H,3-11,16-20,22,24,26,28,31-32,34-35,37-40,47-48H2,1-2H3,(H,50,51)(H,53,54)/b14-12-,15-13-,23-21-,27-25+,33-29+,36-30+/t41-,42+,43+,44-/m1/s1. The van der Waals surface area contributed by atoms with Crippen LogP contribution in [0.25, 0.3) is 0 Å². The third kappa shape index (κ3) is 38.4. The molecule has 5 atom stereocenters. The number of ether oxygens (including phenoxy) is 2. The molecule has 0 amide bonds. The van der Waals surface area contributed by atoms with Crippen LogP contribution in [0, 0.1) is 0 Å². The first kappa shape index (κ1) is 57.5. The van der Waals surface area contributed by atoms with Gasteiger partial charge in [-0.1, -0.05) is 132 Å². The molecule has 60 heavy (non-hydrogen) atoms.